The molecule has 2 aliphatic heterocycles. The van der Waals surface area contributed by atoms with Gasteiger partial charge in [0.05, 0.1) is 12.3 Å². The van der Waals surface area contributed by atoms with Gasteiger partial charge in [-0.2, -0.15) is 24.1 Å². The molecule has 0 bridgehead atoms. The summed E-state index contributed by atoms with van der Waals surface area (Å²) in [4.78, 5) is 26.8. The Bertz CT molecular complexity index is 1660. The molecule has 0 radical (unpaired) electrons. The van der Waals surface area contributed by atoms with E-state index in [0.717, 1.165) is 0 Å². The molecule has 1 saturated heterocycles. The van der Waals surface area contributed by atoms with E-state index >= 15 is 0 Å². The number of halogens is 2. The van der Waals surface area contributed by atoms with Crippen LogP contribution in [0, 0.1) is 11.3 Å². The van der Waals surface area contributed by atoms with Crippen molar-refractivity contribution in [2.75, 3.05) is 23.7 Å². The number of imidazole rings is 1. The molecule has 2 amide bonds. The van der Waals surface area contributed by atoms with Gasteiger partial charge in [0.2, 0.25) is 5.95 Å². The molecule has 13 nitrogen and oxygen atoms in total. The Kier molecular flexibility index (Phi) is 6.18. The predicted molar refractivity (Wildman–Crippen MR) is 137 cm³/mol. The Hall–Kier alpha value is -4.84. The zero-order chi connectivity index (χ0) is 28.0. The predicted octanol–water partition coefficient (Wildman–Crippen LogP) is 3.45. The summed E-state index contributed by atoms with van der Waals surface area (Å²) in [5.41, 5.74) is 0.611. The molecule has 206 valence electrons. The van der Waals surface area contributed by atoms with Crippen LogP contribution in [0.4, 0.5) is 31.2 Å². The van der Waals surface area contributed by atoms with Gasteiger partial charge in [-0.3, -0.25) is 10.00 Å². The zero-order valence-electron chi connectivity index (χ0n) is 21.3. The minimum atomic E-state index is -2.95. The van der Waals surface area contributed by atoms with E-state index in [1.165, 1.54) is 34.1 Å². The van der Waals surface area contributed by atoms with Crippen LogP contribution in [0.3, 0.4) is 0 Å². The van der Waals surface area contributed by atoms with Crippen LogP contribution in [0.25, 0.3) is 11.2 Å². The third-order valence-corrected chi connectivity index (χ3v) is 6.88. The van der Waals surface area contributed by atoms with Crippen molar-refractivity contribution in [3.63, 3.8) is 0 Å². The molecule has 6 rings (SSSR count). The maximum Gasteiger partial charge on any atom is 0.323 e. The number of urea groups is 1. The molecule has 0 aliphatic carbocycles. The number of carbonyl (C=O) groups excluding carboxylic acids is 1. The fourth-order valence-electron chi connectivity index (χ4n) is 4.87. The number of ether oxygens (including phenoxy) is 1. The SMILES string of the molecule is Cn1c(Nc2cc3n(n2)CCCC3(F)F)nc2ncc(Oc3ccnc(NC(=O)N4CC[C@H](O)C4)c3)c(C#N)c21. The molecule has 0 unspecified atom stereocenters. The number of amides is 2. The van der Waals surface area contributed by atoms with Crippen molar-refractivity contribution < 1.29 is 23.4 Å². The first-order valence-corrected chi connectivity index (χ1v) is 12.6. The summed E-state index contributed by atoms with van der Waals surface area (Å²) in [7, 11) is 1.66. The second-order valence-electron chi connectivity index (χ2n) is 9.64. The van der Waals surface area contributed by atoms with Gasteiger partial charge in [0.15, 0.2) is 17.2 Å². The Labute approximate surface area is 226 Å². The van der Waals surface area contributed by atoms with E-state index < -0.39 is 12.0 Å². The molecule has 40 heavy (non-hydrogen) atoms. The number of pyridine rings is 2. The Morgan fingerprint density at radius 3 is 2.88 bits per heavy atom. The first kappa shape index (κ1) is 25.4. The van der Waals surface area contributed by atoms with Crippen LogP contribution < -0.4 is 15.4 Å². The van der Waals surface area contributed by atoms with E-state index in [4.69, 9.17) is 4.74 Å². The molecule has 3 N–H and O–H groups in total. The molecule has 6 heterocycles. The number of carbonyl (C=O) groups is 1. The van der Waals surface area contributed by atoms with E-state index in [1.54, 1.807) is 17.7 Å². The van der Waals surface area contributed by atoms with E-state index in [1.807, 2.05) is 0 Å². The number of alkyl halides is 2. The van der Waals surface area contributed by atoms with Gasteiger partial charge in [-0.25, -0.2) is 14.8 Å². The smallest absolute Gasteiger partial charge is 0.323 e. The quantitative estimate of drug-likeness (QED) is 0.338. The van der Waals surface area contributed by atoms with Crippen LogP contribution in [0.15, 0.2) is 30.6 Å². The molecule has 15 heteroatoms. The van der Waals surface area contributed by atoms with Crippen LogP contribution in [0.2, 0.25) is 0 Å². The number of β-amino-alcohol motifs (C(OH)–C–C–N with tert-alkyl or cyclic N) is 1. The van der Waals surface area contributed by atoms with Crippen molar-refractivity contribution in [1.82, 2.24) is 34.2 Å². The molecule has 4 aromatic rings. The van der Waals surface area contributed by atoms with Gasteiger partial charge >= 0.3 is 6.03 Å². The molecule has 0 aromatic carbocycles. The maximum absolute atomic E-state index is 14.3. The monoisotopic (exact) mass is 550 g/mol. The summed E-state index contributed by atoms with van der Waals surface area (Å²) in [5, 5.41) is 29.5. The molecule has 2 aliphatic rings. The standard InChI is InChI=1S/C25H24F2N10O3/c1-35-21-16(11-28)17(40-15-3-6-29-19(9-15)32-24(39)36-8-4-14(38)13-36)12-30-22(21)33-23(35)31-20-10-18-25(26,27)5-2-7-37(18)34-20/h3,6,9-10,12,14,38H,2,4-5,7-8,13H2,1H3,(H,29,32,39)(H,30,31,33,34)/t14-/m0/s1. The van der Waals surface area contributed by atoms with Crippen LogP contribution >= 0.6 is 0 Å². The number of nitrogens with zero attached hydrogens (tertiary/aromatic N) is 8. The number of nitrogens with one attached hydrogen (secondary N) is 2. The highest BCUT2D eigenvalue weighted by atomic mass is 19.3. The lowest BCUT2D eigenvalue weighted by molar-refractivity contribution is -0.0364. The van der Waals surface area contributed by atoms with Gasteiger partial charge in [0.1, 0.15) is 34.4 Å². The fourth-order valence-corrected chi connectivity index (χ4v) is 4.87. The summed E-state index contributed by atoms with van der Waals surface area (Å²) < 4.78 is 37.4. The van der Waals surface area contributed by atoms with Crippen LogP contribution in [-0.2, 0) is 19.5 Å². The van der Waals surface area contributed by atoms with Crippen LogP contribution in [0.5, 0.6) is 11.5 Å². The number of anilines is 3. The molecule has 1 atom stereocenters. The van der Waals surface area contributed by atoms with Gasteiger partial charge in [0, 0.05) is 51.4 Å². The van der Waals surface area contributed by atoms with Crippen molar-refractivity contribution in [3.05, 3.63) is 41.9 Å². The first-order valence-electron chi connectivity index (χ1n) is 12.6. The number of nitriles is 1. The van der Waals surface area contributed by atoms with Crippen molar-refractivity contribution >= 4 is 34.8 Å². The topological polar surface area (TPSA) is 159 Å². The Morgan fingerprint density at radius 2 is 2.12 bits per heavy atom. The van der Waals surface area contributed by atoms with E-state index in [0.29, 0.717) is 37.2 Å². The maximum atomic E-state index is 14.3. The van der Waals surface area contributed by atoms with E-state index in [9.17, 15) is 23.9 Å². The van der Waals surface area contributed by atoms with Crippen molar-refractivity contribution in [2.24, 2.45) is 7.05 Å². The third kappa shape index (κ3) is 4.62. The van der Waals surface area contributed by atoms with Gasteiger partial charge in [-0.15, -0.1) is 0 Å². The number of aliphatic hydroxyl groups excluding tert-OH is 1. The number of aromatic nitrogens is 6. The summed E-state index contributed by atoms with van der Waals surface area (Å²) in [6.45, 7) is 1.09. The number of fused-ring (bicyclic) bond motifs is 2. The number of aryl methyl sites for hydroxylation is 2. The molecule has 1 fully saturated rings. The average Bonchev–Trinajstić information content (AvgIpc) is 3.62. The largest absolute Gasteiger partial charge is 0.454 e. The summed E-state index contributed by atoms with van der Waals surface area (Å²) >= 11 is 0. The zero-order valence-corrected chi connectivity index (χ0v) is 21.3. The normalized spacial score (nSPS) is 17.9. The number of hydrogen-bond acceptors (Lipinski definition) is 9. The molecular weight excluding hydrogens is 526 g/mol. The molecular formula is C25H24F2N10O3. The minimum Gasteiger partial charge on any atom is -0.454 e. The highest BCUT2D eigenvalue weighted by Crippen LogP contribution is 2.38. The van der Waals surface area contributed by atoms with E-state index in [2.05, 4.69) is 36.8 Å². The fraction of sp³-hybridized carbons (Fsp3) is 0.360. The second-order valence-corrected chi connectivity index (χ2v) is 9.64. The van der Waals surface area contributed by atoms with Gasteiger partial charge in [-0.1, -0.05) is 0 Å². The van der Waals surface area contributed by atoms with Crippen LogP contribution in [-0.4, -0.2) is 64.5 Å². The lowest BCUT2D eigenvalue weighted by atomic mass is 10.1. The number of hydrogen-bond donors (Lipinski definition) is 3. The number of rotatable bonds is 5. The van der Waals surface area contributed by atoms with Crippen LogP contribution in [0.1, 0.15) is 30.5 Å². The minimum absolute atomic E-state index is 0.146. The number of aliphatic hydroxyl groups is 1. The summed E-state index contributed by atoms with van der Waals surface area (Å²) in [6.07, 6.45) is 2.88. The molecule has 0 spiro atoms. The van der Waals surface area contributed by atoms with E-state index in [-0.39, 0.29) is 59.2 Å². The summed E-state index contributed by atoms with van der Waals surface area (Å²) in [6, 6.07) is 6.11. The van der Waals surface area contributed by atoms with Crippen molar-refractivity contribution in [1.29, 1.82) is 5.26 Å². The Balaban J connectivity index is 1.24. The highest BCUT2D eigenvalue weighted by Gasteiger charge is 2.38. The molecule has 0 saturated carbocycles. The van der Waals surface area contributed by atoms with Crippen molar-refractivity contribution in [2.45, 2.75) is 37.8 Å². The summed E-state index contributed by atoms with van der Waals surface area (Å²) in [5.74, 6) is -1.80. The van der Waals surface area contributed by atoms with Crippen molar-refractivity contribution in [3.8, 4) is 17.6 Å². The average molecular weight is 551 g/mol. The lowest BCUT2D eigenvalue weighted by Gasteiger charge is -2.22. The highest BCUT2D eigenvalue weighted by molar-refractivity contribution is 5.88. The first-order chi connectivity index (χ1) is 19.2. The van der Waals surface area contributed by atoms with Gasteiger partial charge < -0.3 is 24.6 Å². The molecule has 4 aromatic heterocycles. The van der Waals surface area contributed by atoms with Gasteiger partial charge in [-0.05, 0) is 18.9 Å². The second kappa shape index (κ2) is 9.72. The lowest BCUT2D eigenvalue weighted by Crippen LogP contribution is -2.33. The Morgan fingerprint density at radius 1 is 1.27 bits per heavy atom. The number of likely N-dealkylation sites (tertiary alicyclic amines) is 1. The third-order valence-electron chi connectivity index (χ3n) is 6.88. The van der Waals surface area contributed by atoms with Gasteiger partial charge in [0.25, 0.3) is 5.92 Å².